The van der Waals surface area contributed by atoms with Gasteiger partial charge in [0.05, 0.1) is 17.7 Å². The van der Waals surface area contributed by atoms with E-state index in [0.29, 0.717) is 24.3 Å². The Balaban J connectivity index is 2.00. The molecule has 3 aromatic rings. The quantitative estimate of drug-likeness (QED) is 0.211. The number of ketones is 1. The van der Waals surface area contributed by atoms with E-state index in [1.807, 2.05) is 0 Å². The van der Waals surface area contributed by atoms with Gasteiger partial charge in [-0.25, -0.2) is 14.4 Å². The second-order valence-electron chi connectivity index (χ2n) is 7.88. The van der Waals surface area contributed by atoms with E-state index < -0.39 is 74.9 Å². The second kappa shape index (κ2) is 11.3. The third-order valence-corrected chi connectivity index (χ3v) is 5.89. The first-order valence-electron chi connectivity index (χ1n) is 10.5. The SMILES string of the molecule is O=C(CNc1ncccn1)c1ccc(/C(F)=C/C(c2ccc(Br)c(C(F)(F)F)c2)C(F)(F)F)cc1C(F)(F)F. The van der Waals surface area contributed by atoms with Crippen molar-refractivity contribution in [2.75, 3.05) is 11.9 Å². The van der Waals surface area contributed by atoms with Gasteiger partial charge >= 0.3 is 18.5 Å². The van der Waals surface area contributed by atoms with E-state index in [1.54, 1.807) is 0 Å². The molecule has 39 heavy (non-hydrogen) atoms. The fourth-order valence-electron chi connectivity index (χ4n) is 3.39. The Morgan fingerprint density at radius 2 is 1.51 bits per heavy atom. The highest BCUT2D eigenvalue weighted by Gasteiger charge is 2.42. The van der Waals surface area contributed by atoms with Crippen molar-refractivity contribution in [2.24, 2.45) is 0 Å². The van der Waals surface area contributed by atoms with Crippen LogP contribution in [0.3, 0.4) is 0 Å². The molecule has 0 saturated carbocycles. The minimum Gasteiger partial charge on any atom is -0.347 e. The first-order valence-corrected chi connectivity index (χ1v) is 11.3. The number of carbonyl (C=O) groups is 1. The number of hydrogen-bond donors (Lipinski definition) is 1. The summed E-state index contributed by atoms with van der Waals surface area (Å²) in [6.45, 7) is -0.688. The Hall–Kier alpha value is -3.49. The lowest BCUT2D eigenvalue weighted by Gasteiger charge is -2.20. The van der Waals surface area contributed by atoms with Crippen LogP contribution in [0.2, 0.25) is 0 Å². The van der Waals surface area contributed by atoms with Crippen molar-refractivity contribution in [1.82, 2.24) is 9.97 Å². The second-order valence-corrected chi connectivity index (χ2v) is 8.73. The zero-order valence-corrected chi connectivity index (χ0v) is 20.6. The molecule has 0 aliphatic carbocycles. The zero-order chi connectivity index (χ0) is 29.2. The number of halogens is 11. The van der Waals surface area contributed by atoms with Crippen molar-refractivity contribution >= 4 is 33.5 Å². The summed E-state index contributed by atoms with van der Waals surface area (Å²) in [4.78, 5) is 19.9. The minimum atomic E-state index is -5.30. The summed E-state index contributed by atoms with van der Waals surface area (Å²) in [5.74, 6) is -5.90. The van der Waals surface area contributed by atoms with E-state index in [2.05, 4.69) is 31.2 Å². The minimum absolute atomic E-state index is 0.0650. The number of hydrogen-bond acceptors (Lipinski definition) is 4. The molecule has 0 saturated heterocycles. The Morgan fingerprint density at radius 1 is 0.897 bits per heavy atom. The molecule has 2 aromatic carbocycles. The first kappa shape index (κ1) is 30.1. The molecule has 3 rings (SSSR count). The van der Waals surface area contributed by atoms with Crippen molar-refractivity contribution in [1.29, 1.82) is 0 Å². The topological polar surface area (TPSA) is 54.9 Å². The maximum atomic E-state index is 14.9. The van der Waals surface area contributed by atoms with E-state index >= 15 is 0 Å². The molecule has 0 bridgehead atoms. The Morgan fingerprint density at radius 3 is 2.08 bits per heavy atom. The van der Waals surface area contributed by atoms with Crippen LogP contribution in [0.25, 0.3) is 5.83 Å². The third kappa shape index (κ3) is 7.55. The fraction of sp³-hybridized carbons (Fsp3) is 0.208. The van der Waals surface area contributed by atoms with Gasteiger partial charge in [0.15, 0.2) is 5.78 Å². The van der Waals surface area contributed by atoms with Crippen LogP contribution >= 0.6 is 15.9 Å². The third-order valence-electron chi connectivity index (χ3n) is 5.19. The zero-order valence-electron chi connectivity index (χ0n) is 19.0. The summed E-state index contributed by atoms with van der Waals surface area (Å²) in [6, 6.07) is 4.37. The number of aromatic nitrogens is 2. The molecule has 0 spiro atoms. The average Bonchev–Trinajstić information content (AvgIpc) is 2.84. The Bertz CT molecular complexity index is 1370. The van der Waals surface area contributed by atoms with Crippen molar-refractivity contribution < 1.29 is 48.7 Å². The lowest BCUT2D eigenvalue weighted by Crippen LogP contribution is -2.21. The van der Waals surface area contributed by atoms with Gasteiger partial charge in [-0.05, 0) is 35.9 Å². The predicted octanol–water partition coefficient (Wildman–Crippen LogP) is 8.23. The van der Waals surface area contributed by atoms with E-state index in [4.69, 9.17) is 0 Å². The van der Waals surface area contributed by atoms with Gasteiger partial charge in [0.2, 0.25) is 5.95 Å². The van der Waals surface area contributed by atoms with Crippen LogP contribution in [0.1, 0.15) is 38.5 Å². The average molecular weight is 630 g/mol. The van der Waals surface area contributed by atoms with Gasteiger partial charge in [-0.15, -0.1) is 0 Å². The molecule has 1 heterocycles. The van der Waals surface area contributed by atoms with E-state index in [0.717, 1.165) is 0 Å². The Labute approximate surface area is 221 Å². The largest absolute Gasteiger partial charge is 0.417 e. The van der Waals surface area contributed by atoms with Crippen molar-refractivity contribution in [3.63, 3.8) is 0 Å². The number of allylic oxidation sites excluding steroid dienone is 1. The normalized spacial score (nSPS) is 13.8. The van der Waals surface area contributed by atoms with E-state index in [-0.39, 0.29) is 24.2 Å². The highest BCUT2D eigenvalue weighted by molar-refractivity contribution is 9.10. The molecule has 1 N–H and O–H groups in total. The molecule has 15 heteroatoms. The van der Waals surface area contributed by atoms with Crippen LogP contribution in [0.5, 0.6) is 0 Å². The molecule has 1 aromatic heterocycles. The van der Waals surface area contributed by atoms with Crippen LogP contribution in [0.15, 0.2) is 65.4 Å². The summed E-state index contributed by atoms with van der Waals surface area (Å²) in [5, 5.41) is 2.41. The van der Waals surface area contributed by atoms with E-state index in [1.165, 1.54) is 18.5 Å². The number of nitrogens with one attached hydrogen (secondary N) is 1. The molecule has 0 radical (unpaired) electrons. The van der Waals surface area contributed by atoms with Gasteiger partial charge in [-0.3, -0.25) is 4.79 Å². The number of anilines is 1. The smallest absolute Gasteiger partial charge is 0.347 e. The predicted molar refractivity (Wildman–Crippen MR) is 123 cm³/mol. The van der Waals surface area contributed by atoms with Gasteiger partial charge in [0, 0.05) is 28.0 Å². The van der Waals surface area contributed by atoms with Crippen molar-refractivity contribution in [2.45, 2.75) is 24.4 Å². The number of alkyl halides is 9. The molecule has 1 unspecified atom stereocenters. The maximum absolute atomic E-state index is 14.9. The van der Waals surface area contributed by atoms with Crippen molar-refractivity contribution in [3.8, 4) is 0 Å². The molecule has 1 atom stereocenters. The van der Waals surface area contributed by atoms with Crippen LogP contribution in [0.4, 0.5) is 49.9 Å². The van der Waals surface area contributed by atoms with Crippen molar-refractivity contribution in [3.05, 3.63) is 93.2 Å². The molecular weight excluding hydrogens is 616 g/mol. The highest BCUT2D eigenvalue weighted by Crippen LogP contribution is 2.43. The molecule has 0 aliphatic heterocycles. The molecular formula is C24H14BrF10N3O. The molecule has 0 amide bonds. The van der Waals surface area contributed by atoms with Crippen LogP contribution in [-0.2, 0) is 12.4 Å². The highest BCUT2D eigenvalue weighted by atomic mass is 79.9. The standard InChI is InChI=1S/C24H14BrF10N3O/c25-18-5-3-12(8-17(18)24(33,34)35)15(22(27,28)29)10-19(26)13-2-4-14(16(9-13)23(30,31)32)20(39)11-38-21-36-6-1-7-37-21/h1-10,15H,11H2,(H,36,37,38)/b19-10-. The van der Waals surface area contributed by atoms with Gasteiger partial charge in [0.25, 0.3) is 0 Å². The lowest BCUT2D eigenvalue weighted by atomic mass is 9.94. The number of benzene rings is 2. The van der Waals surface area contributed by atoms with E-state index in [9.17, 15) is 48.7 Å². The Kier molecular flexibility index (Phi) is 8.72. The molecule has 208 valence electrons. The first-order chi connectivity index (χ1) is 18.0. The van der Waals surface area contributed by atoms with Gasteiger partial charge < -0.3 is 5.32 Å². The summed E-state index contributed by atoms with van der Waals surface area (Å²) in [5.41, 5.74) is -5.96. The van der Waals surface area contributed by atoms with Crippen LogP contribution in [0, 0.1) is 0 Å². The summed E-state index contributed by atoms with van der Waals surface area (Å²) in [7, 11) is 0. The van der Waals surface area contributed by atoms with Gasteiger partial charge in [-0.2, -0.15) is 39.5 Å². The maximum Gasteiger partial charge on any atom is 0.417 e. The lowest BCUT2D eigenvalue weighted by molar-refractivity contribution is -0.142. The monoisotopic (exact) mass is 629 g/mol. The summed E-state index contributed by atoms with van der Waals surface area (Å²) in [6.07, 6.45) is -13.1. The molecule has 0 fully saturated rings. The number of carbonyl (C=O) groups excluding carboxylic acids is 1. The van der Waals surface area contributed by atoms with Gasteiger partial charge in [-0.1, -0.05) is 34.1 Å². The van der Waals surface area contributed by atoms with Gasteiger partial charge in [0.1, 0.15) is 11.7 Å². The molecule has 0 aliphatic rings. The number of Topliss-reactive ketones (excluding diaryl/α,β-unsaturated/α-hetero) is 1. The van der Waals surface area contributed by atoms with Crippen LogP contribution < -0.4 is 5.32 Å². The summed E-state index contributed by atoms with van der Waals surface area (Å²) < 4.78 is 136. The van der Waals surface area contributed by atoms with Crippen LogP contribution in [-0.4, -0.2) is 28.5 Å². The number of rotatable bonds is 7. The summed E-state index contributed by atoms with van der Waals surface area (Å²) >= 11 is 2.59. The number of nitrogens with zero attached hydrogens (tertiary/aromatic N) is 2. The fourth-order valence-corrected chi connectivity index (χ4v) is 3.86. The molecule has 4 nitrogen and oxygen atoms in total.